The predicted molar refractivity (Wildman–Crippen MR) is 225 cm³/mol. The lowest BCUT2D eigenvalue weighted by molar-refractivity contribution is 0.00319. The van der Waals surface area contributed by atoms with Crippen molar-refractivity contribution in [1.82, 2.24) is 0 Å². The summed E-state index contributed by atoms with van der Waals surface area (Å²) in [4.78, 5) is 0. The molecule has 2 aliphatic heterocycles. The predicted octanol–water partition coefficient (Wildman–Crippen LogP) is 11.6. The Morgan fingerprint density at radius 1 is 0.415 bits per heavy atom. The molecule has 0 saturated carbocycles. The topological polar surface area (TPSA) is 99.4 Å². The van der Waals surface area contributed by atoms with Crippen LogP contribution >= 0.6 is 16.3 Å². The van der Waals surface area contributed by atoms with Gasteiger partial charge in [-0.1, -0.05) is 149 Å². The summed E-state index contributed by atoms with van der Waals surface area (Å²) in [6, 6.07) is 8.97. The average Bonchev–Trinajstić information content (AvgIpc) is 2.93. The molecule has 2 heterocycles. The summed E-state index contributed by atoms with van der Waals surface area (Å²) < 4.78 is 13.8. The van der Waals surface area contributed by atoms with Gasteiger partial charge in [-0.15, -0.1) is 0 Å². The maximum atomic E-state index is 11.9. The molecule has 0 radical (unpaired) electrons. The minimum Gasteiger partial charge on any atom is -0.468 e. The molecule has 4 atom stereocenters. The first-order valence-electron chi connectivity index (χ1n) is 19.7. The van der Waals surface area contributed by atoms with Gasteiger partial charge < -0.3 is 29.5 Å². The SMILES string of the molecule is CC(C)(C)c1cc(C(C)(C)C)c(OP2C(O)CC3(CC2O)CC(O)P(Oc2c(C(C)(C)C)cc(C(C)(C)C)cc2C(C)(C)C)C(O)C3)c(C(C)(C)C)c1. The van der Waals surface area contributed by atoms with Gasteiger partial charge in [-0.2, -0.15) is 0 Å². The van der Waals surface area contributed by atoms with Crippen LogP contribution in [-0.4, -0.2) is 43.8 Å². The van der Waals surface area contributed by atoms with E-state index in [9.17, 15) is 20.4 Å². The van der Waals surface area contributed by atoms with Crippen molar-refractivity contribution < 1.29 is 29.5 Å². The van der Waals surface area contributed by atoms with Gasteiger partial charge in [0.15, 0.2) is 0 Å². The van der Waals surface area contributed by atoms with Gasteiger partial charge in [0.05, 0.1) is 0 Å². The Morgan fingerprint density at radius 2 is 0.623 bits per heavy atom. The van der Waals surface area contributed by atoms with Crippen LogP contribution < -0.4 is 9.05 Å². The molecule has 4 rings (SSSR count). The summed E-state index contributed by atoms with van der Waals surface area (Å²) >= 11 is 0. The lowest BCUT2D eigenvalue weighted by atomic mass is 9.75. The van der Waals surface area contributed by atoms with E-state index in [2.05, 4.69) is 149 Å². The second-order valence-electron chi connectivity index (χ2n) is 22.4. The minimum absolute atomic E-state index is 0.0651. The highest BCUT2D eigenvalue weighted by Crippen LogP contribution is 2.67. The third-order valence-electron chi connectivity index (χ3n) is 11.2. The van der Waals surface area contributed by atoms with Crippen LogP contribution in [0.1, 0.15) is 184 Å². The maximum absolute atomic E-state index is 11.9. The zero-order valence-electron chi connectivity index (χ0n) is 36.4. The molecular weight excluding hydrogens is 698 g/mol. The van der Waals surface area contributed by atoms with Crippen molar-refractivity contribution in [2.45, 2.75) is 206 Å². The van der Waals surface area contributed by atoms with Crippen LogP contribution in [0.15, 0.2) is 24.3 Å². The maximum Gasteiger partial charge on any atom is 0.146 e. The van der Waals surface area contributed by atoms with Crippen LogP contribution in [0.3, 0.4) is 0 Å². The number of aliphatic hydroxyl groups is 4. The molecule has 2 aromatic rings. The Balaban J connectivity index is 1.66. The van der Waals surface area contributed by atoms with Gasteiger partial charge in [0.2, 0.25) is 0 Å². The van der Waals surface area contributed by atoms with Crippen LogP contribution in [-0.2, 0) is 32.5 Å². The number of hydrogen-bond acceptors (Lipinski definition) is 6. The van der Waals surface area contributed by atoms with E-state index in [1.165, 1.54) is 11.1 Å². The smallest absolute Gasteiger partial charge is 0.146 e. The summed E-state index contributed by atoms with van der Waals surface area (Å²) in [7, 11) is -3.38. The van der Waals surface area contributed by atoms with Gasteiger partial charge in [-0.05, 0) is 74.7 Å². The normalized spacial score (nSPS) is 28.0. The number of benzene rings is 2. The third-order valence-corrected chi connectivity index (χ3v) is 15.0. The van der Waals surface area contributed by atoms with Gasteiger partial charge >= 0.3 is 0 Å². The molecule has 300 valence electrons. The van der Waals surface area contributed by atoms with E-state index < -0.39 is 45.1 Å². The fourth-order valence-corrected chi connectivity index (χ4v) is 12.2. The van der Waals surface area contributed by atoms with Crippen LogP contribution in [0.4, 0.5) is 0 Å². The number of hydrogen-bond donors (Lipinski definition) is 4. The summed E-state index contributed by atoms with van der Waals surface area (Å²) in [5.74, 6) is -2.17. The van der Waals surface area contributed by atoms with Crippen LogP contribution in [0.25, 0.3) is 0 Å². The quantitative estimate of drug-likeness (QED) is 0.231. The first kappa shape index (κ1) is 44.5. The molecule has 4 unspecified atom stereocenters. The molecule has 2 saturated heterocycles. The second-order valence-corrected chi connectivity index (χ2v) is 26.6. The lowest BCUT2D eigenvalue weighted by Gasteiger charge is -2.51. The minimum atomic E-state index is -1.69. The Labute approximate surface area is 325 Å². The van der Waals surface area contributed by atoms with Crippen LogP contribution in [0.5, 0.6) is 11.5 Å². The molecule has 0 aliphatic carbocycles. The lowest BCUT2D eigenvalue weighted by Crippen LogP contribution is -2.45. The highest BCUT2D eigenvalue weighted by atomic mass is 31.1. The highest BCUT2D eigenvalue weighted by Gasteiger charge is 2.54. The third kappa shape index (κ3) is 9.83. The number of rotatable bonds is 4. The molecule has 0 amide bonds. The second kappa shape index (κ2) is 14.6. The van der Waals surface area contributed by atoms with Crippen molar-refractivity contribution >= 4 is 16.3 Å². The highest BCUT2D eigenvalue weighted by molar-refractivity contribution is 7.54. The summed E-state index contributed by atoms with van der Waals surface area (Å²) in [5, 5.41) is 47.4. The summed E-state index contributed by atoms with van der Waals surface area (Å²) in [6.07, 6.45) is 1.35. The van der Waals surface area contributed by atoms with Gasteiger partial charge in [0.25, 0.3) is 0 Å². The summed E-state index contributed by atoms with van der Waals surface area (Å²) in [6.45, 7) is 39.5. The summed E-state index contributed by atoms with van der Waals surface area (Å²) in [5.41, 5.74) is 5.03. The standard InChI is InChI=1S/C45H74O6P2/c1-39(2,3)27-19-29(41(7,8)9)37(30(20-27)42(10,11)12)50-52-33(46)23-45(24-34(52)47)25-35(48)53(36(49)26-45)51-38-31(43(13,14)15)21-28(40(4,5)6)22-32(38)44(16,17)18/h19-22,33-36,46-49H,23-26H2,1-18H3. The molecule has 2 fully saturated rings. The van der Waals surface area contributed by atoms with E-state index in [1.54, 1.807) is 0 Å². The molecule has 53 heavy (non-hydrogen) atoms. The van der Waals surface area contributed by atoms with Crippen molar-refractivity contribution in [1.29, 1.82) is 0 Å². The van der Waals surface area contributed by atoms with E-state index in [-0.39, 0.29) is 32.5 Å². The van der Waals surface area contributed by atoms with Crippen molar-refractivity contribution in [3.05, 3.63) is 57.6 Å². The van der Waals surface area contributed by atoms with Gasteiger partial charge in [-0.25, -0.2) is 0 Å². The van der Waals surface area contributed by atoms with E-state index in [0.29, 0.717) is 25.7 Å². The van der Waals surface area contributed by atoms with E-state index >= 15 is 0 Å². The molecule has 0 bridgehead atoms. The first-order chi connectivity index (χ1) is 23.7. The molecule has 6 nitrogen and oxygen atoms in total. The molecule has 2 aromatic carbocycles. The van der Waals surface area contributed by atoms with Gasteiger partial charge in [0.1, 0.15) is 51.2 Å². The van der Waals surface area contributed by atoms with Crippen molar-refractivity contribution in [2.75, 3.05) is 0 Å². The van der Waals surface area contributed by atoms with Crippen LogP contribution in [0, 0.1) is 5.41 Å². The average molecular weight is 773 g/mol. The number of aliphatic hydroxyl groups excluding tert-OH is 4. The van der Waals surface area contributed by atoms with Gasteiger partial charge in [-0.3, -0.25) is 0 Å². The zero-order chi connectivity index (χ0) is 40.7. The van der Waals surface area contributed by atoms with Crippen molar-refractivity contribution in [3.8, 4) is 11.5 Å². The molecule has 0 aromatic heterocycles. The molecule has 4 N–H and O–H groups in total. The molecule has 1 spiro atoms. The van der Waals surface area contributed by atoms with E-state index in [1.807, 2.05) is 0 Å². The van der Waals surface area contributed by atoms with Crippen molar-refractivity contribution in [2.24, 2.45) is 5.41 Å². The Morgan fingerprint density at radius 3 is 0.792 bits per heavy atom. The van der Waals surface area contributed by atoms with E-state index in [0.717, 1.165) is 33.8 Å². The van der Waals surface area contributed by atoms with Crippen LogP contribution in [0.2, 0.25) is 0 Å². The fraction of sp³-hybridized carbons (Fsp3) is 0.733. The van der Waals surface area contributed by atoms with Gasteiger partial charge in [0, 0.05) is 22.3 Å². The Hall–Kier alpha value is -1.26. The molecule has 2 aliphatic rings. The molecule has 8 heteroatoms. The van der Waals surface area contributed by atoms with Crippen molar-refractivity contribution in [3.63, 3.8) is 0 Å². The monoisotopic (exact) mass is 772 g/mol. The Bertz CT molecular complexity index is 1400. The van der Waals surface area contributed by atoms with E-state index in [4.69, 9.17) is 9.05 Å². The largest absolute Gasteiger partial charge is 0.468 e. The fourth-order valence-electron chi connectivity index (χ4n) is 7.81. The Kier molecular flexibility index (Phi) is 12.2. The first-order valence-corrected chi connectivity index (χ1v) is 22.5. The zero-order valence-corrected chi connectivity index (χ0v) is 38.2. The molecular formula is C45H74O6P2.